The van der Waals surface area contributed by atoms with E-state index in [4.69, 9.17) is 4.74 Å². The highest BCUT2D eigenvalue weighted by Crippen LogP contribution is 2.14. The second kappa shape index (κ2) is 6.09. The van der Waals surface area contributed by atoms with E-state index in [0.717, 1.165) is 16.9 Å². The van der Waals surface area contributed by atoms with Gasteiger partial charge in [-0.25, -0.2) is 0 Å². The standard InChI is InChI=1S/C16H14N4O/c1-21-14-9-7-12(8-10-14)11-15-17-19-16(20-18-15)13-5-3-2-4-6-13/h2-10H,11H2,1H3. The lowest BCUT2D eigenvalue weighted by atomic mass is 10.1. The fourth-order valence-electron chi connectivity index (χ4n) is 1.95. The van der Waals surface area contributed by atoms with Gasteiger partial charge in [-0.15, -0.1) is 20.4 Å². The number of benzene rings is 2. The third-order valence-corrected chi connectivity index (χ3v) is 3.07. The molecule has 0 saturated heterocycles. The van der Waals surface area contributed by atoms with Gasteiger partial charge in [0, 0.05) is 12.0 Å². The molecular weight excluding hydrogens is 264 g/mol. The van der Waals surface area contributed by atoms with Crippen molar-refractivity contribution in [2.75, 3.05) is 7.11 Å². The largest absolute Gasteiger partial charge is 0.497 e. The van der Waals surface area contributed by atoms with Crippen LogP contribution in [-0.2, 0) is 6.42 Å². The minimum Gasteiger partial charge on any atom is -0.497 e. The number of aromatic nitrogens is 4. The molecule has 0 fully saturated rings. The van der Waals surface area contributed by atoms with Crippen LogP contribution in [0.4, 0.5) is 0 Å². The molecule has 0 saturated carbocycles. The second-order valence-corrected chi connectivity index (χ2v) is 4.53. The SMILES string of the molecule is COc1ccc(Cc2nnc(-c3ccccc3)nn2)cc1. The Kier molecular flexibility index (Phi) is 3.82. The maximum absolute atomic E-state index is 5.13. The van der Waals surface area contributed by atoms with Crippen LogP contribution in [-0.4, -0.2) is 27.5 Å². The highest BCUT2D eigenvalue weighted by Gasteiger charge is 2.05. The molecule has 0 bridgehead atoms. The van der Waals surface area contributed by atoms with Crippen LogP contribution >= 0.6 is 0 Å². The van der Waals surface area contributed by atoms with Gasteiger partial charge in [-0.2, -0.15) is 0 Å². The first-order valence-corrected chi connectivity index (χ1v) is 6.60. The molecule has 0 spiro atoms. The first kappa shape index (κ1) is 13.2. The summed E-state index contributed by atoms with van der Waals surface area (Å²) in [6.07, 6.45) is 0.596. The summed E-state index contributed by atoms with van der Waals surface area (Å²) in [6, 6.07) is 17.5. The van der Waals surface area contributed by atoms with Gasteiger partial charge < -0.3 is 4.74 Å². The summed E-state index contributed by atoms with van der Waals surface area (Å²) in [7, 11) is 1.65. The first-order chi connectivity index (χ1) is 10.3. The molecule has 3 rings (SSSR count). The molecule has 104 valence electrons. The van der Waals surface area contributed by atoms with Crippen molar-refractivity contribution in [3.05, 3.63) is 66.0 Å². The molecule has 0 aliphatic heterocycles. The summed E-state index contributed by atoms with van der Waals surface area (Å²) in [6.45, 7) is 0. The number of rotatable bonds is 4. The third-order valence-electron chi connectivity index (χ3n) is 3.07. The predicted octanol–water partition coefficient (Wildman–Crippen LogP) is 2.53. The second-order valence-electron chi connectivity index (χ2n) is 4.53. The lowest BCUT2D eigenvalue weighted by Crippen LogP contribution is -2.03. The molecule has 0 amide bonds. The van der Waals surface area contributed by atoms with Gasteiger partial charge in [0.15, 0.2) is 5.82 Å². The minimum absolute atomic E-state index is 0.536. The Morgan fingerprint density at radius 2 is 1.48 bits per heavy atom. The van der Waals surface area contributed by atoms with Crippen LogP contribution in [0, 0.1) is 0 Å². The molecule has 2 aromatic carbocycles. The summed E-state index contributed by atoms with van der Waals surface area (Å²) in [5.41, 5.74) is 2.00. The number of hydrogen-bond acceptors (Lipinski definition) is 5. The number of ether oxygens (including phenoxy) is 1. The fourth-order valence-corrected chi connectivity index (χ4v) is 1.95. The molecule has 0 radical (unpaired) electrons. The van der Waals surface area contributed by atoms with Crippen LogP contribution < -0.4 is 4.74 Å². The summed E-state index contributed by atoms with van der Waals surface area (Å²) in [5, 5.41) is 16.5. The van der Waals surface area contributed by atoms with Gasteiger partial charge in [0.1, 0.15) is 5.75 Å². The van der Waals surface area contributed by atoms with E-state index in [1.807, 2.05) is 54.6 Å². The summed E-state index contributed by atoms with van der Waals surface area (Å²) >= 11 is 0. The Hall–Kier alpha value is -2.82. The topological polar surface area (TPSA) is 60.8 Å². The zero-order chi connectivity index (χ0) is 14.5. The first-order valence-electron chi connectivity index (χ1n) is 6.60. The van der Waals surface area contributed by atoms with Gasteiger partial charge in [0.05, 0.1) is 7.11 Å². The fraction of sp³-hybridized carbons (Fsp3) is 0.125. The molecule has 0 atom stereocenters. The lowest BCUT2D eigenvalue weighted by molar-refractivity contribution is 0.414. The van der Waals surface area contributed by atoms with Crippen molar-refractivity contribution < 1.29 is 4.74 Å². The van der Waals surface area contributed by atoms with Crippen LogP contribution in [0.3, 0.4) is 0 Å². The number of nitrogens with zero attached hydrogens (tertiary/aromatic N) is 4. The van der Waals surface area contributed by atoms with Crippen LogP contribution in [0.25, 0.3) is 11.4 Å². The van der Waals surface area contributed by atoms with E-state index in [1.54, 1.807) is 7.11 Å². The molecule has 0 aliphatic carbocycles. The van der Waals surface area contributed by atoms with Crippen molar-refractivity contribution >= 4 is 0 Å². The van der Waals surface area contributed by atoms with Crippen molar-refractivity contribution in [2.24, 2.45) is 0 Å². The Labute approximate surface area is 122 Å². The summed E-state index contributed by atoms with van der Waals surface area (Å²) in [4.78, 5) is 0. The molecule has 0 N–H and O–H groups in total. The highest BCUT2D eigenvalue weighted by molar-refractivity contribution is 5.52. The molecule has 0 unspecified atom stereocenters. The molecular formula is C16H14N4O. The van der Waals surface area contributed by atoms with Crippen LogP contribution in [0.15, 0.2) is 54.6 Å². The van der Waals surface area contributed by atoms with Gasteiger partial charge in [0.25, 0.3) is 0 Å². The highest BCUT2D eigenvalue weighted by atomic mass is 16.5. The van der Waals surface area contributed by atoms with Crippen LogP contribution in [0.1, 0.15) is 11.4 Å². The average Bonchev–Trinajstić information content (AvgIpc) is 2.57. The zero-order valence-corrected chi connectivity index (χ0v) is 11.6. The van der Waals surface area contributed by atoms with E-state index in [-0.39, 0.29) is 0 Å². The zero-order valence-electron chi connectivity index (χ0n) is 11.6. The third kappa shape index (κ3) is 3.20. The van der Waals surface area contributed by atoms with Crippen LogP contribution in [0.2, 0.25) is 0 Å². The number of hydrogen-bond donors (Lipinski definition) is 0. The van der Waals surface area contributed by atoms with Crippen molar-refractivity contribution in [3.63, 3.8) is 0 Å². The Balaban J connectivity index is 1.75. The summed E-state index contributed by atoms with van der Waals surface area (Å²) in [5.74, 6) is 1.96. The van der Waals surface area contributed by atoms with Gasteiger partial charge in [0.2, 0.25) is 5.82 Å². The lowest BCUT2D eigenvalue weighted by Gasteiger charge is -2.02. The molecule has 21 heavy (non-hydrogen) atoms. The summed E-state index contributed by atoms with van der Waals surface area (Å²) < 4.78 is 5.13. The van der Waals surface area contributed by atoms with Gasteiger partial charge in [-0.1, -0.05) is 42.5 Å². The molecule has 3 aromatic rings. The Morgan fingerprint density at radius 3 is 2.10 bits per heavy atom. The Morgan fingerprint density at radius 1 is 0.810 bits per heavy atom. The maximum atomic E-state index is 5.13. The average molecular weight is 278 g/mol. The Bertz CT molecular complexity index is 697. The molecule has 1 heterocycles. The van der Waals surface area contributed by atoms with E-state index >= 15 is 0 Å². The van der Waals surface area contributed by atoms with Crippen molar-refractivity contribution in [3.8, 4) is 17.1 Å². The molecule has 0 aliphatic rings. The van der Waals surface area contributed by atoms with Gasteiger partial charge >= 0.3 is 0 Å². The van der Waals surface area contributed by atoms with Crippen molar-refractivity contribution in [1.29, 1.82) is 0 Å². The van der Waals surface area contributed by atoms with E-state index < -0.39 is 0 Å². The van der Waals surface area contributed by atoms with E-state index in [9.17, 15) is 0 Å². The number of methoxy groups -OCH3 is 1. The van der Waals surface area contributed by atoms with Gasteiger partial charge in [-0.3, -0.25) is 0 Å². The van der Waals surface area contributed by atoms with Gasteiger partial charge in [-0.05, 0) is 17.7 Å². The smallest absolute Gasteiger partial charge is 0.203 e. The minimum atomic E-state index is 0.536. The quantitative estimate of drug-likeness (QED) is 0.734. The van der Waals surface area contributed by atoms with E-state index in [0.29, 0.717) is 18.1 Å². The predicted molar refractivity (Wildman–Crippen MR) is 78.9 cm³/mol. The molecule has 5 heteroatoms. The monoisotopic (exact) mass is 278 g/mol. The van der Waals surface area contributed by atoms with Crippen molar-refractivity contribution in [2.45, 2.75) is 6.42 Å². The van der Waals surface area contributed by atoms with Crippen molar-refractivity contribution in [1.82, 2.24) is 20.4 Å². The normalized spacial score (nSPS) is 10.3. The van der Waals surface area contributed by atoms with Crippen LogP contribution in [0.5, 0.6) is 5.75 Å². The maximum Gasteiger partial charge on any atom is 0.203 e. The van der Waals surface area contributed by atoms with E-state index in [2.05, 4.69) is 20.4 Å². The van der Waals surface area contributed by atoms with E-state index in [1.165, 1.54) is 0 Å². The molecule has 5 nitrogen and oxygen atoms in total. The molecule has 1 aromatic heterocycles.